The second-order valence-electron chi connectivity index (χ2n) is 9.76. The number of hydrogen-bond donors (Lipinski definition) is 0. The average Bonchev–Trinajstić information content (AvgIpc) is 3.33. The van der Waals surface area contributed by atoms with Crippen molar-refractivity contribution in [2.45, 2.75) is 64.0 Å². The molecule has 2 atom stereocenters. The van der Waals surface area contributed by atoms with E-state index in [-0.39, 0.29) is 30.0 Å². The zero-order valence-electron chi connectivity index (χ0n) is 20.5. The molecule has 0 N–H and O–H groups in total. The van der Waals surface area contributed by atoms with E-state index in [1.54, 1.807) is 0 Å². The molecule has 5 nitrogen and oxygen atoms in total. The third-order valence-corrected chi connectivity index (χ3v) is 8.78. The number of amides is 2. The Morgan fingerprint density at radius 2 is 1.49 bits per heavy atom. The van der Waals surface area contributed by atoms with Crippen LogP contribution in [-0.4, -0.2) is 53.6 Å². The van der Waals surface area contributed by atoms with Gasteiger partial charge in [-0.05, 0) is 61.8 Å². The molecule has 184 valence electrons. The Balaban J connectivity index is 1.25. The molecular weight excluding hydrogens is 504 g/mol. The van der Waals surface area contributed by atoms with Crippen molar-refractivity contribution in [2.75, 3.05) is 19.7 Å². The number of piperidine rings is 1. The lowest BCUT2D eigenvalue weighted by Gasteiger charge is -2.36. The van der Waals surface area contributed by atoms with E-state index in [0.29, 0.717) is 13.0 Å². The topological polar surface area (TPSA) is 49.9 Å². The van der Waals surface area contributed by atoms with Crippen LogP contribution in [0.15, 0.2) is 58.6 Å². The molecule has 0 aromatic heterocycles. The van der Waals surface area contributed by atoms with Gasteiger partial charge < -0.3 is 14.5 Å². The second-order valence-corrected chi connectivity index (χ2v) is 10.7. The van der Waals surface area contributed by atoms with Crippen LogP contribution in [0.25, 0.3) is 11.1 Å². The number of benzene rings is 2. The van der Waals surface area contributed by atoms with Gasteiger partial charge in [0.1, 0.15) is 6.61 Å². The monoisotopic (exact) mass is 536 g/mol. The molecule has 6 heteroatoms. The van der Waals surface area contributed by atoms with Gasteiger partial charge >= 0.3 is 6.09 Å². The summed E-state index contributed by atoms with van der Waals surface area (Å²) in [5.41, 5.74) is 6.22. The van der Waals surface area contributed by atoms with Gasteiger partial charge in [-0.2, -0.15) is 0 Å². The molecule has 2 aliphatic heterocycles. The number of rotatable bonds is 6. The highest BCUT2D eigenvalue weighted by atomic mass is 79.9. The van der Waals surface area contributed by atoms with E-state index in [0.717, 1.165) is 43.3 Å². The second kappa shape index (κ2) is 10.2. The first-order valence-corrected chi connectivity index (χ1v) is 13.6. The third-order valence-electron chi connectivity index (χ3n) is 7.94. The zero-order chi connectivity index (χ0) is 24.5. The molecule has 2 aromatic carbocycles. The van der Waals surface area contributed by atoms with Gasteiger partial charge in [0.05, 0.1) is 6.42 Å². The summed E-state index contributed by atoms with van der Waals surface area (Å²) in [4.78, 5) is 29.7. The van der Waals surface area contributed by atoms with E-state index < -0.39 is 0 Å². The Labute approximate surface area is 216 Å². The smallest absolute Gasteiger partial charge is 0.410 e. The van der Waals surface area contributed by atoms with Gasteiger partial charge in [0.25, 0.3) is 0 Å². The Kier molecular flexibility index (Phi) is 7.01. The minimum atomic E-state index is -0.200. The Morgan fingerprint density at radius 1 is 0.943 bits per heavy atom. The van der Waals surface area contributed by atoms with Gasteiger partial charge in [0.15, 0.2) is 0 Å². The molecule has 0 spiro atoms. The number of nitrogens with zero attached hydrogens (tertiary/aromatic N) is 2. The SMILES string of the molecule is CCN(CC)C(=O)CC(Br)=C1CC2CCC(C1)N2C(=O)OCC1c2ccccc2-c2ccccc21. The molecule has 2 fully saturated rings. The van der Waals surface area contributed by atoms with E-state index in [4.69, 9.17) is 4.74 Å². The number of carbonyl (C=O) groups excluding carboxylic acids is 2. The zero-order valence-corrected chi connectivity index (χ0v) is 22.1. The largest absolute Gasteiger partial charge is 0.448 e. The summed E-state index contributed by atoms with van der Waals surface area (Å²) in [5, 5.41) is 0. The highest BCUT2D eigenvalue weighted by molar-refractivity contribution is 9.11. The minimum absolute atomic E-state index is 0.0736. The Hall–Kier alpha value is -2.60. The van der Waals surface area contributed by atoms with Crippen molar-refractivity contribution in [3.8, 4) is 11.1 Å². The summed E-state index contributed by atoms with van der Waals surface area (Å²) >= 11 is 3.71. The summed E-state index contributed by atoms with van der Waals surface area (Å²) in [6.07, 6.45) is 3.81. The summed E-state index contributed by atoms with van der Waals surface area (Å²) in [6.45, 7) is 5.83. The van der Waals surface area contributed by atoms with Gasteiger partial charge in [0, 0.05) is 35.6 Å². The molecule has 1 aliphatic carbocycles. The van der Waals surface area contributed by atoms with E-state index in [1.165, 1.54) is 27.8 Å². The standard InChI is InChI=1S/C29H33BrN2O3/c1-3-31(4-2)28(33)17-27(30)19-15-20-13-14-21(16-19)32(20)29(34)35-18-26-24-11-7-5-9-22(24)23-10-6-8-12-25(23)26/h5-12,20-21,26H,3-4,13-18H2,1-2H3. The fraction of sp³-hybridized carbons (Fsp3) is 0.448. The number of hydrogen-bond acceptors (Lipinski definition) is 3. The normalized spacial score (nSPS) is 20.4. The summed E-state index contributed by atoms with van der Waals surface area (Å²) in [5.74, 6) is 0.227. The first-order valence-electron chi connectivity index (χ1n) is 12.8. The maximum Gasteiger partial charge on any atom is 0.410 e. The third kappa shape index (κ3) is 4.53. The van der Waals surface area contributed by atoms with Crippen LogP contribution in [-0.2, 0) is 9.53 Å². The van der Waals surface area contributed by atoms with Gasteiger partial charge in [0.2, 0.25) is 5.91 Å². The van der Waals surface area contributed by atoms with Crippen molar-refractivity contribution in [3.63, 3.8) is 0 Å². The van der Waals surface area contributed by atoms with Crippen LogP contribution >= 0.6 is 15.9 Å². The first-order chi connectivity index (χ1) is 17.0. The van der Waals surface area contributed by atoms with Crippen molar-refractivity contribution in [2.24, 2.45) is 0 Å². The maximum atomic E-state index is 13.3. The predicted octanol–water partition coefficient (Wildman–Crippen LogP) is 6.47. The van der Waals surface area contributed by atoms with Crippen LogP contribution in [0, 0.1) is 0 Å². The molecule has 2 saturated heterocycles. The van der Waals surface area contributed by atoms with Crippen LogP contribution < -0.4 is 0 Å². The van der Waals surface area contributed by atoms with E-state index in [2.05, 4.69) is 64.5 Å². The fourth-order valence-electron chi connectivity index (χ4n) is 6.15. The van der Waals surface area contributed by atoms with Gasteiger partial charge in [-0.15, -0.1) is 0 Å². The quantitative estimate of drug-likeness (QED) is 0.425. The number of carbonyl (C=O) groups is 2. The number of ether oxygens (including phenoxy) is 1. The fourth-order valence-corrected chi connectivity index (χ4v) is 6.71. The molecular formula is C29H33BrN2O3. The maximum absolute atomic E-state index is 13.3. The van der Waals surface area contributed by atoms with E-state index in [9.17, 15) is 9.59 Å². The lowest BCUT2D eigenvalue weighted by molar-refractivity contribution is -0.129. The minimum Gasteiger partial charge on any atom is -0.448 e. The van der Waals surface area contributed by atoms with Gasteiger partial charge in [-0.1, -0.05) is 70.0 Å². The van der Waals surface area contributed by atoms with E-state index >= 15 is 0 Å². The van der Waals surface area contributed by atoms with Gasteiger partial charge in [-0.25, -0.2) is 4.79 Å². The predicted molar refractivity (Wildman–Crippen MR) is 141 cm³/mol. The lowest BCUT2D eigenvalue weighted by Crippen LogP contribution is -2.45. The molecule has 0 radical (unpaired) electrons. The first kappa shape index (κ1) is 24.1. The summed E-state index contributed by atoms with van der Waals surface area (Å²) < 4.78 is 6.98. The molecule has 2 unspecified atom stereocenters. The summed E-state index contributed by atoms with van der Waals surface area (Å²) in [7, 11) is 0. The molecule has 2 amide bonds. The van der Waals surface area contributed by atoms with E-state index in [1.807, 2.05) is 23.6 Å². The van der Waals surface area contributed by atoms with Crippen LogP contribution in [0.5, 0.6) is 0 Å². The molecule has 5 rings (SSSR count). The van der Waals surface area contributed by atoms with Crippen molar-refractivity contribution in [1.29, 1.82) is 0 Å². The highest BCUT2D eigenvalue weighted by Gasteiger charge is 2.43. The Bertz CT molecular complexity index is 1090. The molecule has 3 aliphatic rings. The Morgan fingerprint density at radius 3 is 2.03 bits per heavy atom. The highest BCUT2D eigenvalue weighted by Crippen LogP contribution is 2.45. The summed E-state index contributed by atoms with van der Waals surface area (Å²) in [6, 6.07) is 17.1. The van der Waals surface area contributed by atoms with Crippen LogP contribution in [0.4, 0.5) is 4.79 Å². The van der Waals surface area contributed by atoms with Crippen molar-refractivity contribution >= 4 is 27.9 Å². The molecule has 35 heavy (non-hydrogen) atoms. The van der Waals surface area contributed by atoms with Crippen LogP contribution in [0.1, 0.15) is 63.0 Å². The van der Waals surface area contributed by atoms with Gasteiger partial charge in [-0.3, -0.25) is 4.79 Å². The number of halogens is 1. The molecule has 0 saturated carbocycles. The molecule has 2 aromatic rings. The molecule has 2 heterocycles. The van der Waals surface area contributed by atoms with Crippen molar-refractivity contribution < 1.29 is 14.3 Å². The van der Waals surface area contributed by atoms with Crippen LogP contribution in [0.2, 0.25) is 0 Å². The average molecular weight is 537 g/mol. The molecule has 2 bridgehead atoms. The lowest BCUT2D eigenvalue weighted by atomic mass is 9.96. The number of fused-ring (bicyclic) bond motifs is 5. The van der Waals surface area contributed by atoms with Crippen LogP contribution in [0.3, 0.4) is 0 Å². The van der Waals surface area contributed by atoms with Crippen molar-refractivity contribution in [3.05, 3.63) is 69.7 Å². The van der Waals surface area contributed by atoms with Crippen molar-refractivity contribution in [1.82, 2.24) is 9.80 Å².